The summed E-state index contributed by atoms with van der Waals surface area (Å²) >= 11 is 0. The average Bonchev–Trinajstić information content (AvgIpc) is 3.13. The van der Waals surface area contributed by atoms with E-state index < -0.39 is 0 Å². The summed E-state index contributed by atoms with van der Waals surface area (Å²) < 4.78 is 0. The smallest absolute Gasteiger partial charge is 0.254 e. The summed E-state index contributed by atoms with van der Waals surface area (Å²) in [7, 11) is 0. The van der Waals surface area contributed by atoms with Crippen LogP contribution in [0, 0.1) is 5.92 Å². The molecule has 2 aliphatic rings. The third kappa shape index (κ3) is 2.30. The predicted octanol–water partition coefficient (Wildman–Crippen LogP) is 3.63. The van der Waals surface area contributed by atoms with Gasteiger partial charge in [0.25, 0.3) is 5.91 Å². The second-order valence-corrected chi connectivity index (χ2v) is 8.20. The van der Waals surface area contributed by atoms with Crippen LogP contribution in [0.15, 0.2) is 42.7 Å². The molecule has 5 nitrogen and oxygen atoms in total. The van der Waals surface area contributed by atoms with Crippen molar-refractivity contribution >= 4 is 16.9 Å². The van der Waals surface area contributed by atoms with Gasteiger partial charge in [-0.25, -0.2) is 4.98 Å². The SMILES string of the molecule is C[C@@H]1C2Cc3ccc(O)cc3[C@@]1(C)CCN2C(=O)c1ccc2nc[nH]c2c1. The summed E-state index contributed by atoms with van der Waals surface area (Å²) in [6, 6.07) is 11.5. The van der Waals surface area contributed by atoms with Crippen LogP contribution in [0.3, 0.4) is 0 Å². The summed E-state index contributed by atoms with van der Waals surface area (Å²) in [6.45, 7) is 5.26. The number of hydrogen-bond acceptors (Lipinski definition) is 3. The lowest BCUT2D eigenvalue weighted by Gasteiger charge is -2.54. The monoisotopic (exact) mass is 361 g/mol. The van der Waals surface area contributed by atoms with E-state index >= 15 is 0 Å². The molecule has 1 aliphatic heterocycles. The fourth-order valence-corrected chi connectivity index (χ4v) is 5.09. The third-order valence-corrected chi connectivity index (χ3v) is 6.92. The highest BCUT2D eigenvalue weighted by molar-refractivity contribution is 5.97. The van der Waals surface area contributed by atoms with Gasteiger partial charge in [0.05, 0.1) is 17.4 Å². The number of aromatic amines is 1. The van der Waals surface area contributed by atoms with Crippen molar-refractivity contribution in [3.05, 3.63) is 59.4 Å². The number of benzene rings is 2. The van der Waals surface area contributed by atoms with Gasteiger partial charge in [-0.3, -0.25) is 4.79 Å². The molecule has 0 radical (unpaired) electrons. The van der Waals surface area contributed by atoms with E-state index in [2.05, 4.69) is 28.7 Å². The maximum atomic E-state index is 13.3. The molecule has 3 aromatic rings. The van der Waals surface area contributed by atoms with E-state index in [1.165, 1.54) is 11.1 Å². The van der Waals surface area contributed by atoms with Crippen molar-refractivity contribution in [2.75, 3.05) is 6.54 Å². The Kier molecular flexibility index (Phi) is 3.39. The normalized spacial score (nSPS) is 26.8. The molecule has 2 heterocycles. The molecule has 5 rings (SSSR count). The van der Waals surface area contributed by atoms with Gasteiger partial charge in [-0.05, 0) is 65.6 Å². The first-order valence-corrected chi connectivity index (χ1v) is 9.54. The summed E-state index contributed by atoms with van der Waals surface area (Å²) in [6.07, 6.45) is 3.39. The minimum absolute atomic E-state index is 0.0128. The van der Waals surface area contributed by atoms with Crippen LogP contribution in [0.4, 0.5) is 0 Å². The quantitative estimate of drug-likeness (QED) is 0.695. The summed E-state index contributed by atoms with van der Waals surface area (Å²) in [5, 5.41) is 9.97. The Morgan fingerprint density at radius 1 is 1.30 bits per heavy atom. The van der Waals surface area contributed by atoms with E-state index in [4.69, 9.17) is 0 Å². The zero-order chi connectivity index (χ0) is 18.8. The molecule has 1 fully saturated rings. The van der Waals surface area contributed by atoms with Gasteiger partial charge in [0.2, 0.25) is 0 Å². The van der Waals surface area contributed by atoms with Gasteiger partial charge in [-0.15, -0.1) is 0 Å². The Labute approximate surface area is 158 Å². The summed E-state index contributed by atoms with van der Waals surface area (Å²) in [4.78, 5) is 22.7. The van der Waals surface area contributed by atoms with E-state index in [1.54, 1.807) is 12.4 Å². The van der Waals surface area contributed by atoms with Gasteiger partial charge in [0.1, 0.15) is 5.75 Å². The molecular formula is C22H23N3O2. The molecule has 2 N–H and O–H groups in total. The van der Waals surface area contributed by atoms with Gasteiger partial charge in [-0.1, -0.05) is 19.9 Å². The number of nitrogens with zero attached hydrogens (tertiary/aromatic N) is 2. The highest BCUT2D eigenvalue weighted by Gasteiger charge is 2.49. The number of hydrogen-bond donors (Lipinski definition) is 2. The Morgan fingerprint density at radius 2 is 2.15 bits per heavy atom. The van der Waals surface area contributed by atoms with Crippen molar-refractivity contribution in [3.8, 4) is 5.75 Å². The molecule has 3 atom stereocenters. The number of rotatable bonds is 1. The fourth-order valence-electron chi connectivity index (χ4n) is 5.09. The maximum Gasteiger partial charge on any atom is 0.254 e. The number of carbonyl (C=O) groups excluding carboxylic acids is 1. The van der Waals surface area contributed by atoms with E-state index in [0.717, 1.165) is 30.4 Å². The highest BCUT2D eigenvalue weighted by Crippen LogP contribution is 2.49. The molecule has 0 saturated carbocycles. The fraction of sp³-hybridized carbons (Fsp3) is 0.364. The van der Waals surface area contributed by atoms with Crippen LogP contribution in [0.25, 0.3) is 11.0 Å². The average molecular weight is 361 g/mol. The molecular weight excluding hydrogens is 338 g/mol. The van der Waals surface area contributed by atoms with Crippen molar-refractivity contribution < 1.29 is 9.90 Å². The van der Waals surface area contributed by atoms with Crippen LogP contribution < -0.4 is 0 Å². The number of nitrogens with one attached hydrogen (secondary N) is 1. The number of aromatic hydroxyl groups is 1. The van der Waals surface area contributed by atoms with Crippen LogP contribution >= 0.6 is 0 Å². The minimum atomic E-state index is -0.0128. The number of fused-ring (bicyclic) bond motifs is 5. The van der Waals surface area contributed by atoms with Gasteiger partial charge in [0.15, 0.2) is 0 Å². The Bertz CT molecular complexity index is 1060. The minimum Gasteiger partial charge on any atom is -0.508 e. The number of phenols is 1. The molecule has 2 bridgehead atoms. The molecule has 1 aromatic heterocycles. The molecule has 138 valence electrons. The van der Waals surface area contributed by atoms with E-state index in [-0.39, 0.29) is 17.4 Å². The third-order valence-electron chi connectivity index (χ3n) is 6.92. The second-order valence-electron chi connectivity index (χ2n) is 8.20. The lowest BCUT2D eigenvalue weighted by molar-refractivity contribution is 0.0250. The first-order valence-electron chi connectivity index (χ1n) is 9.54. The standard InChI is InChI=1S/C22H23N3O2/c1-13-20-10-14-3-5-16(26)11-17(14)22(13,2)7-8-25(20)21(27)15-4-6-18-19(9-15)24-12-23-18/h3-6,9,11-13,20,26H,7-8,10H2,1-2H3,(H,23,24)/t13-,20?,22+/m1/s1. The zero-order valence-corrected chi connectivity index (χ0v) is 15.6. The van der Waals surface area contributed by atoms with Crippen LogP contribution in [-0.4, -0.2) is 38.5 Å². The Morgan fingerprint density at radius 3 is 3.00 bits per heavy atom. The first-order chi connectivity index (χ1) is 13.0. The van der Waals surface area contributed by atoms with Gasteiger partial charge >= 0.3 is 0 Å². The van der Waals surface area contributed by atoms with E-state index in [1.807, 2.05) is 30.3 Å². The summed E-state index contributed by atoms with van der Waals surface area (Å²) in [5.74, 6) is 0.750. The number of imidazole rings is 1. The Balaban J connectivity index is 1.52. The van der Waals surface area contributed by atoms with Crippen molar-refractivity contribution in [3.63, 3.8) is 0 Å². The van der Waals surface area contributed by atoms with Crippen LogP contribution in [0.5, 0.6) is 5.75 Å². The molecule has 27 heavy (non-hydrogen) atoms. The van der Waals surface area contributed by atoms with Crippen molar-refractivity contribution in [2.24, 2.45) is 5.92 Å². The van der Waals surface area contributed by atoms with Crippen molar-refractivity contribution in [1.82, 2.24) is 14.9 Å². The molecule has 5 heteroatoms. The number of H-pyrrole nitrogens is 1. The lowest BCUT2D eigenvalue weighted by atomic mass is 9.59. The largest absolute Gasteiger partial charge is 0.508 e. The molecule has 1 aliphatic carbocycles. The van der Waals surface area contributed by atoms with Gasteiger partial charge < -0.3 is 15.0 Å². The topological polar surface area (TPSA) is 69.2 Å². The van der Waals surface area contributed by atoms with Crippen LogP contribution in [-0.2, 0) is 11.8 Å². The maximum absolute atomic E-state index is 13.3. The van der Waals surface area contributed by atoms with Gasteiger partial charge in [0, 0.05) is 18.2 Å². The van der Waals surface area contributed by atoms with Crippen LogP contribution in [0.1, 0.15) is 41.8 Å². The van der Waals surface area contributed by atoms with E-state index in [0.29, 0.717) is 17.2 Å². The molecule has 1 saturated heterocycles. The van der Waals surface area contributed by atoms with Crippen molar-refractivity contribution in [2.45, 2.75) is 38.1 Å². The number of phenolic OH excluding ortho intramolecular Hbond substituents is 1. The van der Waals surface area contributed by atoms with E-state index in [9.17, 15) is 9.90 Å². The number of likely N-dealkylation sites (tertiary alicyclic amines) is 1. The molecule has 0 spiro atoms. The lowest BCUT2D eigenvalue weighted by Crippen LogP contribution is -2.59. The van der Waals surface area contributed by atoms with Crippen LogP contribution in [0.2, 0.25) is 0 Å². The zero-order valence-electron chi connectivity index (χ0n) is 15.6. The number of aromatic nitrogens is 2. The number of amides is 1. The molecule has 1 unspecified atom stereocenters. The molecule has 1 amide bonds. The summed E-state index contributed by atoms with van der Waals surface area (Å²) in [5.41, 5.74) is 4.95. The number of carbonyl (C=O) groups is 1. The molecule has 2 aromatic carbocycles. The van der Waals surface area contributed by atoms with Gasteiger partial charge in [-0.2, -0.15) is 0 Å². The first kappa shape index (κ1) is 16.4. The highest BCUT2D eigenvalue weighted by atomic mass is 16.3. The van der Waals surface area contributed by atoms with Crippen molar-refractivity contribution in [1.29, 1.82) is 0 Å². The Hall–Kier alpha value is -2.82. The predicted molar refractivity (Wildman–Crippen MR) is 104 cm³/mol. The second kappa shape index (κ2) is 5.59. The number of piperidine rings is 1.